The van der Waals surface area contributed by atoms with Crippen molar-refractivity contribution in [3.05, 3.63) is 10.1 Å². The molecule has 4 N–H and O–H groups in total. The van der Waals surface area contributed by atoms with Crippen molar-refractivity contribution in [2.45, 2.75) is 24.4 Å². The molecule has 0 aliphatic rings. The average Bonchev–Trinajstić information content (AvgIpc) is 2.22. The summed E-state index contributed by atoms with van der Waals surface area (Å²) in [6.07, 6.45) is -7.67. The molecule has 0 amide bonds. The van der Waals surface area contributed by atoms with Gasteiger partial charge in [-0.1, -0.05) is 0 Å². The summed E-state index contributed by atoms with van der Waals surface area (Å²) >= 11 is 0. The molecule has 0 aromatic heterocycles. The molecule has 0 bridgehead atoms. The fraction of sp³-hybridized carbons (Fsp3) is 0.833. The predicted octanol–water partition coefficient (Wildman–Crippen LogP) is -6.16. The van der Waals surface area contributed by atoms with Crippen molar-refractivity contribution < 1.29 is 86.5 Å². The first-order valence-electron chi connectivity index (χ1n) is 3.85. The minimum absolute atomic E-state index is 0. The molecule has 0 aromatic carbocycles. The maximum atomic E-state index is 10.3. The van der Waals surface area contributed by atoms with Gasteiger partial charge in [-0.3, -0.25) is 0 Å². The number of aliphatic hydroxyl groups excluding tert-OH is 4. The normalized spacial score (nSPS) is 17.5. The van der Waals surface area contributed by atoms with Gasteiger partial charge in [-0.15, -0.1) is 10.1 Å². The van der Waals surface area contributed by atoms with Crippen molar-refractivity contribution in [1.82, 2.24) is 0 Å². The van der Waals surface area contributed by atoms with E-state index < -0.39 is 36.1 Å². The van der Waals surface area contributed by atoms with Crippen molar-refractivity contribution in [2.24, 2.45) is 0 Å². The Balaban J connectivity index is 0. The Morgan fingerprint density at radius 1 is 1.31 bits per heavy atom. The fourth-order valence-corrected chi connectivity index (χ4v) is 0.797. The van der Waals surface area contributed by atoms with Crippen LogP contribution in [0.15, 0.2) is 0 Å². The van der Waals surface area contributed by atoms with Crippen LogP contribution in [-0.2, 0) is 9.63 Å². The number of hydrogen-bond donors (Lipinski definition) is 4. The molecule has 0 saturated carbocycles. The largest absolute Gasteiger partial charge is 1.00 e. The van der Waals surface area contributed by atoms with Crippen LogP contribution < -0.4 is 51.4 Å². The second kappa shape index (κ2) is 9.38. The van der Waals surface area contributed by atoms with E-state index in [2.05, 4.69) is 4.84 Å². The quantitative estimate of drug-likeness (QED) is 0.153. The van der Waals surface area contributed by atoms with E-state index in [4.69, 9.17) is 20.4 Å². The van der Waals surface area contributed by atoms with Gasteiger partial charge in [-0.25, -0.2) is 0 Å². The summed E-state index contributed by atoms with van der Waals surface area (Å²) < 4.78 is 0. The van der Waals surface area contributed by atoms with Gasteiger partial charge in [0.2, 0.25) is 0 Å². The average molecular weight is 264 g/mol. The standard InChI is InChI=1S/C6H11NO8.K/c8-1-3(10)5(11)6(12)4(2-9)15-7(13)14;/h2-6,8,10-12H,1H2;/q;+1/t3-,4+,5-,6-;/m1./s1. The fourth-order valence-electron chi connectivity index (χ4n) is 0.797. The van der Waals surface area contributed by atoms with Crippen LogP contribution in [0.25, 0.3) is 0 Å². The summed E-state index contributed by atoms with van der Waals surface area (Å²) in [4.78, 5) is 23.8. The molecule has 0 unspecified atom stereocenters. The van der Waals surface area contributed by atoms with E-state index in [1.54, 1.807) is 0 Å². The summed E-state index contributed by atoms with van der Waals surface area (Å²) in [6.45, 7) is -0.873. The molecule has 0 saturated heterocycles. The number of hydrogen-bond acceptors (Lipinski definition) is 8. The molecule has 0 aromatic rings. The maximum Gasteiger partial charge on any atom is 1.00 e. The van der Waals surface area contributed by atoms with Crippen molar-refractivity contribution in [3.63, 3.8) is 0 Å². The van der Waals surface area contributed by atoms with Crippen LogP contribution in [0.4, 0.5) is 0 Å². The molecule has 4 atom stereocenters. The van der Waals surface area contributed by atoms with Crippen LogP contribution in [0.1, 0.15) is 0 Å². The van der Waals surface area contributed by atoms with Crippen molar-refractivity contribution in [1.29, 1.82) is 0 Å². The van der Waals surface area contributed by atoms with Gasteiger partial charge in [0, 0.05) is 0 Å². The molecular weight excluding hydrogens is 253 g/mol. The summed E-state index contributed by atoms with van der Waals surface area (Å²) in [7, 11) is 0. The van der Waals surface area contributed by atoms with Crippen LogP contribution in [0, 0.1) is 10.1 Å². The van der Waals surface area contributed by atoms with Gasteiger partial charge in [-0.05, 0) is 0 Å². The van der Waals surface area contributed by atoms with Gasteiger partial charge >= 0.3 is 51.4 Å². The predicted molar refractivity (Wildman–Crippen MR) is 43.0 cm³/mol. The van der Waals surface area contributed by atoms with E-state index in [9.17, 15) is 14.9 Å². The second-order valence-corrected chi connectivity index (χ2v) is 2.66. The molecule has 0 aliphatic carbocycles. The smallest absolute Gasteiger partial charge is 0.394 e. The minimum atomic E-state index is -2.00. The Morgan fingerprint density at radius 3 is 2.12 bits per heavy atom. The van der Waals surface area contributed by atoms with E-state index in [-0.39, 0.29) is 57.7 Å². The van der Waals surface area contributed by atoms with Crippen LogP contribution in [0.3, 0.4) is 0 Å². The molecule has 0 heterocycles. The minimum Gasteiger partial charge on any atom is -0.394 e. The third-order valence-corrected chi connectivity index (χ3v) is 1.61. The summed E-state index contributed by atoms with van der Waals surface area (Å²) in [5.74, 6) is 0. The van der Waals surface area contributed by atoms with Crippen LogP contribution in [0.2, 0.25) is 0 Å². The zero-order valence-electron chi connectivity index (χ0n) is 8.46. The Labute approximate surface area is 133 Å². The first-order valence-corrected chi connectivity index (χ1v) is 3.85. The van der Waals surface area contributed by atoms with Crippen molar-refractivity contribution in [3.8, 4) is 0 Å². The SMILES string of the molecule is O=C[C@H](O[N+](=O)[O-])[C@@H](O)[C@H](O)[C@H](O)CO.[K+]. The van der Waals surface area contributed by atoms with Gasteiger partial charge in [0.1, 0.15) is 18.3 Å². The molecule has 88 valence electrons. The second-order valence-electron chi connectivity index (χ2n) is 2.66. The summed E-state index contributed by atoms with van der Waals surface area (Å²) in [6, 6.07) is 0. The van der Waals surface area contributed by atoms with Crippen molar-refractivity contribution >= 4 is 6.29 Å². The van der Waals surface area contributed by atoms with E-state index in [0.29, 0.717) is 0 Å². The number of aliphatic hydroxyl groups is 4. The molecule has 16 heavy (non-hydrogen) atoms. The van der Waals surface area contributed by atoms with Crippen LogP contribution in [-0.4, -0.2) is 62.8 Å². The number of nitrogens with zero attached hydrogens (tertiary/aromatic N) is 1. The van der Waals surface area contributed by atoms with Gasteiger partial charge in [-0.2, -0.15) is 0 Å². The molecule has 10 heteroatoms. The molecule has 9 nitrogen and oxygen atoms in total. The summed E-state index contributed by atoms with van der Waals surface area (Å²) in [5, 5.41) is 44.0. The molecule has 0 rings (SSSR count). The molecule has 0 fully saturated rings. The van der Waals surface area contributed by atoms with Gasteiger partial charge < -0.3 is 30.1 Å². The van der Waals surface area contributed by atoms with Gasteiger partial charge in [0.15, 0.2) is 12.4 Å². The van der Waals surface area contributed by atoms with Crippen molar-refractivity contribution in [2.75, 3.05) is 6.61 Å². The molecule has 0 spiro atoms. The number of rotatable bonds is 7. The number of carbonyl (C=O) groups is 1. The van der Waals surface area contributed by atoms with Crippen LogP contribution in [0.5, 0.6) is 0 Å². The summed E-state index contributed by atoms with van der Waals surface area (Å²) in [5.41, 5.74) is 0. The number of aldehydes is 1. The molecule has 0 radical (unpaired) electrons. The monoisotopic (exact) mass is 264 g/mol. The van der Waals surface area contributed by atoms with Gasteiger partial charge in [0.05, 0.1) is 6.61 Å². The Bertz CT molecular complexity index is 227. The molecular formula is C6H11KNO8+. The first kappa shape index (κ1) is 18.7. The van der Waals surface area contributed by atoms with Gasteiger partial charge in [0.25, 0.3) is 5.09 Å². The molecule has 0 aliphatic heterocycles. The number of carbonyl (C=O) groups excluding carboxylic acids is 1. The third kappa shape index (κ3) is 6.17. The van der Waals surface area contributed by atoms with E-state index in [1.165, 1.54) is 0 Å². The zero-order valence-corrected chi connectivity index (χ0v) is 11.6. The Kier molecular flexibility index (Phi) is 11.0. The Hall–Kier alpha value is 0.346. The first-order chi connectivity index (χ1) is 6.93. The third-order valence-electron chi connectivity index (χ3n) is 1.61. The maximum absolute atomic E-state index is 10.3. The zero-order chi connectivity index (χ0) is 12.0. The van der Waals surface area contributed by atoms with E-state index >= 15 is 0 Å². The Morgan fingerprint density at radius 2 is 1.81 bits per heavy atom. The topological polar surface area (TPSA) is 150 Å². The van der Waals surface area contributed by atoms with Crippen LogP contribution >= 0.6 is 0 Å². The van der Waals surface area contributed by atoms with E-state index in [0.717, 1.165) is 0 Å². The van der Waals surface area contributed by atoms with E-state index in [1.807, 2.05) is 0 Å².